The van der Waals surface area contributed by atoms with Crippen molar-refractivity contribution in [3.63, 3.8) is 0 Å². The molecule has 1 amide bonds. The Labute approximate surface area is 146 Å². The molecule has 23 heavy (non-hydrogen) atoms. The highest BCUT2D eigenvalue weighted by molar-refractivity contribution is 6.35. The predicted octanol–water partition coefficient (Wildman–Crippen LogP) is 2.54. The second kappa shape index (κ2) is 8.31. The van der Waals surface area contributed by atoms with Gasteiger partial charge in [-0.05, 0) is 38.6 Å². The van der Waals surface area contributed by atoms with Gasteiger partial charge in [0.05, 0.1) is 6.10 Å². The average molecular weight is 361 g/mol. The Hall–Kier alpha value is -0.850. The Morgan fingerprint density at radius 1 is 1.35 bits per heavy atom. The van der Waals surface area contributed by atoms with E-state index in [1.807, 2.05) is 14.0 Å². The van der Waals surface area contributed by atoms with Crippen LogP contribution in [-0.2, 0) is 4.74 Å². The van der Waals surface area contributed by atoms with Gasteiger partial charge < -0.3 is 20.1 Å². The Morgan fingerprint density at radius 2 is 2.00 bits per heavy atom. The van der Waals surface area contributed by atoms with Crippen LogP contribution in [0.4, 0.5) is 0 Å². The van der Waals surface area contributed by atoms with E-state index in [4.69, 9.17) is 27.9 Å². The summed E-state index contributed by atoms with van der Waals surface area (Å²) in [6.45, 7) is 3.14. The van der Waals surface area contributed by atoms with Crippen LogP contribution in [0, 0.1) is 0 Å². The summed E-state index contributed by atoms with van der Waals surface area (Å²) < 4.78 is 5.32. The van der Waals surface area contributed by atoms with Crippen LogP contribution in [0.1, 0.15) is 30.1 Å². The van der Waals surface area contributed by atoms with E-state index in [1.54, 1.807) is 18.2 Å². The normalized spacial score (nSPS) is 24.7. The first-order chi connectivity index (χ1) is 10.8. The van der Waals surface area contributed by atoms with Gasteiger partial charge in [-0.25, -0.2) is 0 Å². The summed E-state index contributed by atoms with van der Waals surface area (Å²) in [7, 11) is 1.98. The molecule has 128 valence electrons. The third-order valence-corrected chi connectivity index (χ3v) is 4.40. The minimum absolute atomic E-state index is 0.0365. The van der Waals surface area contributed by atoms with Gasteiger partial charge in [-0.1, -0.05) is 23.2 Å². The molecule has 1 aromatic rings. The standard InChI is InChI=1S/C16H22Cl2N2O3/c1-10-5-14(9-15(21)23-10)20(2)4-3-19-16(22)11-6-12(17)8-13(18)7-11/h6-8,10,14-15,21H,3-5,9H2,1-2H3,(H,19,22)/t10-,14+,15-/m1/s1. The molecule has 1 heterocycles. The summed E-state index contributed by atoms with van der Waals surface area (Å²) in [5.74, 6) is -0.205. The summed E-state index contributed by atoms with van der Waals surface area (Å²) in [5, 5.41) is 13.4. The van der Waals surface area contributed by atoms with E-state index >= 15 is 0 Å². The van der Waals surface area contributed by atoms with E-state index in [-0.39, 0.29) is 18.1 Å². The van der Waals surface area contributed by atoms with Gasteiger partial charge in [0, 0.05) is 41.2 Å². The topological polar surface area (TPSA) is 61.8 Å². The Balaban J connectivity index is 1.80. The first kappa shape index (κ1) is 18.5. The molecular formula is C16H22Cl2N2O3. The van der Waals surface area contributed by atoms with Gasteiger partial charge in [0.15, 0.2) is 6.29 Å². The van der Waals surface area contributed by atoms with Crippen molar-refractivity contribution in [3.8, 4) is 0 Å². The fourth-order valence-corrected chi connectivity index (χ4v) is 3.29. The predicted molar refractivity (Wildman–Crippen MR) is 91.0 cm³/mol. The van der Waals surface area contributed by atoms with Crippen LogP contribution in [0.5, 0.6) is 0 Å². The highest BCUT2D eigenvalue weighted by atomic mass is 35.5. The lowest BCUT2D eigenvalue weighted by Crippen LogP contribution is -2.45. The number of aliphatic hydroxyl groups excluding tert-OH is 1. The number of nitrogens with zero attached hydrogens (tertiary/aromatic N) is 1. The Bertz CT molecular complexity index is 526. The van der Waals surface area contributed by atoms with Crippen molar-refractivity contribution in [2.24, 2.45) is 0 Å². The van der Waals surface area contributed by atoms with Crippen LogP contribution < -0.4 is 5.32 Å². The lowest BCUT2D eigenvalue weighted by molar-refractivity contribution is -0.173. The number of carbonyl (C=O) groups excluding carboxylic acids is 1. The highest BCUT2D eigenvalue weighted by Gasteiger charge is 2.28. The second-order valence-electron chi connectivity index (χ2n) is 5.92. The largest absolute Gasteiger partial charge is 0.368 e. The number of carbonyl (C=O) groups is 1. The average Bonchev–Trinajstić information content (AvgIpc) is 2.44. The van der Waals surface area contributed by atoms with E-state index in [9.17, 15) is 9.90 Å². The zero-order valence-corrected chi connectivity index (χ0v) is 14.8. The van der Waals surface area contributed by atoms with Gasteiger partial charge in [-0.3, -0.25) is 4.79 Å². The SMILES string of the molecule is C[C@@H]1C[C@H](N(C)CCNC(=O)c2cc(Cl)cc(Cl)c2)C[C@H](O)O1. The van der Waals surface area contributed by atoms with E-state index in [0.29, 0.717) is 35.1 Å². The summed E-state index contributed by atoms with van der Waals surface area (Å²) in [6, 6.07) is 5.00. The van der Waals surface area contributed by atoms with Crippen molar-refractivity contribution in [1.82, 2.24) is 10.2 Å². The molecule has 0 radical (unpaired) electrons. The van der Waals surface area contributed by atoms with Gasteiger partial charge in [-0.15, -0.1) is 0 Å². The fourth-order valence-electron chi connectivity index (χ4n) is 2.77. The molecule has 0 spiro atoms. The fraction of sp³-hybridized carbons (Fsp3) is 0.562. The maximum atomic E-state index is 12.1. The number of aliphatic hydroxyl groups is 1. The third-order valence-electron chi connectivity index (χ3n) is 3.97. The van der Waals surface area contributed by atoms with Gasteiger partial charge in [-0.2, -0.15) is 0 Å². The lowest BCUT2D eigenvalue weighted by Gasteiger charge is -2.36. The molecule has 5 nitrogen and oxygen atoms in total. The quantitative estimate of drug-likeness (QED) is 0.846. The van der Waals surface area contributed by atoms with E-state index in [0.717, 1.165) is 6.42 Å². The van der Waals surface area contributed by atoms with Crippen molar-refractivity contribution in [3.05, 3.63) is 33.8 Å². The molecule has 2 N–H and O–H groups in total. The van der Waals surface area contributed by atoms with Gasteiger partial charge in [0.2, 0.25) is 0 Å². The van der Waals surface area contributed by atoms with Crippen LogP contribution >= 0.6 is 23.2 Å². The summed E-state index contributed by atoms with van der Waals surface area (Å²) in [6.07, 6.45) is 0.771. The minimum Gasteiger partial charge on any atom is -0.368 e. The maximum Gasteiger partial charge on any atom is 0.251 e. The Morgan fingerprint density at radius 3 is 2.61 bits per heavy atom. The van der Waals surface area contributed by atoms with Crippen LogP contribution in [0.3, 0.4) is 0 Å². The molecule has 1 aliphatic rings. The molecule has 1 aromatic carbocycles. The zero-order chi connectivity index (χ0) is 17.0. The zero-order valence-electron chi connectivity index (χ0n) is 13.3. The Kier molecular flexibility index (Phi) is 6.68. The molecule has 1 fully saturated rings. The van der Waals surface area contributed by atoms with Crippen molar-refractivity contribution in [1.29, 1.82) is 0 Å². The van der Waals surface area contributed by atoms with Crippen LogP contribution in [0.2, 0.25) is 10.0 Å². The monoisotopic (exact) mass is 360 g/mol. The lowest BCUT2D eigenvalue weighted by atomic mass is 10.0. The van der Waals surface area contributed by atoms with Crippen molar-refractivity contribution in [2.75, 3.05) is 20.1 Å². The number of halogens is 2. The van der Waals surface area contributed by atoms with Crippen molar-refractivity contribution >= 4 is 29.1 Å². The van der Waals surface area contributed by atoms with Crippen LogP contribution in [0.15, 0.2) is 18.2 Å². The smallest absolute Gasteiger partial charge is 0.251 e. The number of nitrogens with one attached hydrogen (secondary N) is 1. The first-order valence-electron chi connectivity index (χ1n) is 7.63. The van der Waals surface area contributed by atoms with Gasteiger partial charge >= 0.3 is 0 Å². The van der Waals surface area contributed by atoms with E-state index < -0.39 is 6.29 Å². The number of amides is 1. The molecule has 0 aromatic heterocycles. The molecule has 7 heteroatoms. The first-order valence-corrected chi connectivity index (χ1v) is 8.39. The summed E-state index contributed by atoms with van der Waals surface area (Å²) in [5.41, 5.74) is 0.445. The molecule has 2 rings (SSSR count). The number of ether oxygens (including phenoxy) is 1. The van der Waals surface area contributed by atoms with Gasteiger partial charge in [0.1, 0.15) is 0 Å². The van der Waals surface area contributed by atoms with Gasteiger partial charge in [0.25, 0.3) is 5.91 Å². The van der Waals surface area contributed by atoms with Crippen LogP contribution in [-0.4, -0.2) is 54.5 Å². The summed E-state index contributed by atoms with van der Waals surface area (Å²) in [4.78, 5) is 14.2. The third kappa shape index (κ3) is 5.62. The van der Waals surface area contributed by atoms with E-state index in [2.05, 4.69) is 10.2 Å². The number of rotatable bonds is 5. The molecule has 0 aliphatic carbocycles. The van der Waals surface area contributed by atoms with Crippen molar-refractivity contribution < 1.29 is 14.6 Å². The van der Waals surface area contributed by atoms with Crippen molar-refractivity contribution in [2.45, 2.75) is 38.2 Å². The van der Waals surface area contributed by atoms with E-state index in [1.165, 1.54) is 0 Å². The number of hydrogen-bond acceptors (Lipinski definition) is 4. The molecule has 0 unspecified atom stereocenters. The second-order valence-corrected chi connectivity index (χ2v) is 6.79. The maximum absolute atomic E-state index is 12.1. The molecular weight excluding hydrogens is 339 g/mol. The molecule has 0 saturated carbocycles. The molecule has 1 aliphatic heterocycles. The molecule has 3 atom stereocenters. The number of hydrogen-bond donors (Lipinski definition) is 2. The summed E-state index contributed by atoms with van der Waals surface area (Å²) >= 11 is 11.8. The minimum atomic E-state index is -0.714. The molecule has 1 saturated heterocycles. The number of likely N-dealkylation sites (N-methyl/N-ethyl adjacent to an activating group) is 1. The van der Waals surface area contributed by atoms with Crippen LogP contribution in [0.25, 0.3) is 0 Å². The molecule has 0 bridgehead atoms. The highest BCUT2D eigenvalue weighted by Crippen LogP contribution is 2.21. The number of benzene rings is 1.